The second-order valence-corrected chi connectivity index (χ2v) is 6.51. The summed E-state index contributed by atoms with van der Waals surface area (Å²) in [6.45, 7) is 1.87. The van der Waals surface area contributed by atoms with Crippen LogP contribution in [0, 0.1) is 12.7 Å². The fraction of sp³-hybridized carbons (Fsp3) is 0.105. The van der Waals surface area contributed by atoms with E-state index in [2.05, 4.69) is 20.4 Å². The second-order valence-electron chi connectivity index (χ2n) is 6.10. The Balaban J connectivity index is 0.00000225. The van der Waals surface area contributed by atoms with Crippen LogP contribution in [0.5, 0.6) is 5.75 Å². The molecule has 0 bridgehead atoms. The maximum atomic E-state index is 13.3. The second kappa shape index (κ2) is 7.61. The molecule has 2 aromatic heterocycles. The molecule has 0 aliphatic carbocycles. The van der Waals surface area contributed by atoms with Gasteiger partial charge >= 0.3 is 0 Å². The van der Waals surface area contributed by atoms with Gasteiger partial charge in [-0.3, -0.25) is 4.68 Å². The van der Waals surface area contributed by atoms with Crippen molar-refractivity contribution in [3.8, 4) is 17.1 Å². The molecule has 2 aromatic carbocycles. The Labute approximate surface area is 171 Å². The minimum absolute atomic E-state index is 0. The molecule has 0 aliphatic rings. The van der Waals surface area contributed by atoms with Gasteiger partial charge in [-0.2, -0.15) is 5.10 Å². The van der Waals surface area contributed by atoms with Gasteiger partial charge in [0.1, 0.15) is 22.6 Å². The van der Waals surface area contributed by atoms with Gasteiger partial charge in [-0.1, -0.05) is 11.6 Å². The number of phenols is 1. The highest BCUT2D eigenvalue weighted by Gasteiger charge is 2.16. The zero-order chi connectivity index (χ0) is 19.1. The highest BCUT2D eigenvalue weighted by molar-refractivity contribution is 6.32. The zero-order valence-corrected chi connectivity index (χ0v) is 16.5. The first-order valence-corrected chi connectivity index (χ1v) is 8.53. The van der Waals surface area contributed by atoms with Gasteiger partial charge in [0, 0.05) is 18.3 Å². The lowest BCUT2D eigenvalue weighted by Crippen LogP contribution is -2.02. The lowest BCUT2D eigenvalue weighted by atomic mass is 10.2. The molecule has 0 radical (unpaired) electrons. The Morgan fingerprint density at radius 3 is 2.50 bits per heavy atom. The van der Waals surface area contributed by atoms with Crippen LogP contribution in [0.2, 0.25) is 5.02 Å². The Morgan fingerprint density at radius 2 is 1.82 bits per heavy atom. The number of aryl methyl sites for hydroxylation is 2. The van der Waals surface area contributed by atoms with Crippen molar-refractivity contribution in [1.82, 2.24) is 19.7 Å². The molecule has 0 fully saturated rings. The highest BCUT2D eigenvalue weighted by atomic mass is 35.5. The van der Waals surface area contributed by atoms with Crippen LogP contribution in [0.15, 0.2) is 42.5 Å². The van der Waals surface area contributed by atoms with Crippen molar-refractivity contribution in [2.45, 2.75) is 6.92 Å². The van der Waals surface area contributed by atoms with Crippen molar-refractivity contribution < 1.29 is 9.50 Å². The van der Waals surface area contributed by atoms with E-state index in [-0.39, 0.29) is 29.0 Å². The van der Waals surface area contributed by atoms with E-state index >= 15 is 0 Å². The highest BCUT2D eigenvalue weighted by Crippen LogP contribution is 2.31. The molecular weight excluding hydrogens is 404 g/mol. The van der Waals surface area contributed by atoms with E-state index in [1.807, 2.05) is 14.0 Å². The fourth-order valence-corrected chi connectivity index (χ4v) is 3.05. The van der Waals surface area contributed by atoms with Crippen LogP contribution in [0.25, 0.3) is 22.4 Å². The van der Waals surface area contributed by atoms with Crippen LogP contribution < -0.4 is 5.32 Å². The molecule has 2 heterocycles. The molecule has 9 heteroatoms. The van der Waals surface area contributed by atoms with Crippen LogP contribution in [0.1, 0.15) is 5.69 Å². The first-order chi connectivity index (χ1) is 12.9. The van der Waals surface area contributed by atoms with E-state index in [1.165, 1.54) is 18.2 Å². The smallest absolute Gasteiger partial charge is 0.162 e. The molecule has 0 aliphatic heterocycles. The Bertz CT molecular complexity index is 1160. The summed E-state index contributed by atoms with van der Waals surface area (Å²) in [6, 6.07) is 10.8. The first kappa shape index (κ1) is 19.9. The van der Waals surface area contributed by atoms with Gasteiger partial charge in [-0.15, -0.1) is 12.4 Å². The van der Waals surface area contributed by atoms with Gasteiger partial charge in [-0.25, -0.2) is 14.4 Å². The van der Waals surface area contributed by atoms with E-state index < -0.39 is 0 Å². The summed E-state index contributed by atoms with van der Waals surface area (Å²) in [7, 11) is 1.81. The SMILES string of the molecule is Cc1nn(C)c2c(Nc3ccc(O)c(Cl)c3)nc(-c3ccc(F)cc3)nc12.Cl. The van der Waals surface area contributed by atoms with Crippen LogP contribution >= 0.6 is 24.0 Å². The average Bonchev–Trinajstić information content (AvgIpc) is 2.93. The summed E-state index contributed by atoms with van der Waals surface area (Å²) in [6.07, 6.45) is 0. The number of nitrogens with zero attached hydrogens (tertiary/aromatic N) is 4. The van der Waals surface area contributed by atoms with Gasteiger partial charge in [-0.05, 0) is 49.4 Å². The summed E-state index contributed by atoms with van der Waals surface area (Å²) >= 11 is 6.00. The molecule has 0 atom stereocenters. The summed E-state index contributed by atoms with van der Waals surface area (Å²) < 4.78 is 15.0. The number of nitrogens with one attached hydrogen (secondary N) is 1. The molecule has 28 heavy (non-hydrogen) atoms. The third-order valence-corrected chi connectivity index (χ3v) is 4.47. The van der Waals surface area contributed by atoms with Crippen molar-refractivity contribution in [2.24, 2.45) is 7.05 Å². The van der Waals surface area contributed by atoms with Crippen molar-refractivity contribution in [1.29, 1.82) is 0 Å². The van der Waals surface area contributed by atoms with E-state index in [0.29, 0.717) is 28.4 Å². The zero-order valence-electron chi connectivity index (χ0n) is 14.9. The number of hydrogen-bond donors (Lipinski definition) is 2. The van der Waals surface area contributed by atoms with Crippen LogP contribution in [-0.4, -0.2) is 24.9 Å². The first-order valence-electron chi connectivity index (χ1n) is 8.15. The van der Waals surface area contributed by atoms with Gasteiger partial charge in [0.2, 0.25) is 0 Å². The number of hydrogen-bond acceptors (Lipinski definition) is 5. The fourth-order valence-electron chi connectivity index (χ4n) is 2.87. The van der Waals surface area contributed by atoms with E-state index in [9.17, 15) is 9.50 Å². The molecule has 2 N–H and O–H groups in total. The number of rotatable bonds is 3. The minimum Gasteiger partial charge on any atom is -0.506 e. The summed E-state index contributed by atoms with van der Waals surface area (Å²) in [4.78, 5) is 9.22. The minimum atomic E-state index is -0.325. The molecule has 0 saturated carbocycles. The molecule has 0 amide bonds. The van der Waals surface area contributed by atoms with Crippen molar-refractivity contribution in [3.05, 3.63) is 59.0 Å². The summed E-state index contributed by atoms with van der Waals surface area (Å²) in [5, 5.41) is 17.5. The van der Waals surface area contributed by atoms with Gasteiger partial charge in [0.05, 0.1) is 10.7 Å². The van der Waals surface area contributed by atoms with Crippen molar-refractivity contribution in [3.63, 3.8) is 0 Å². The number of anilines is 2. The molecule has 0 spiro atoms. The Kier molecular flexibility index (Phi) is 5.40. The van der Waals surface area contributed by atoms with Crippen LogP contribution in [0.4, 0.5) is 15.9 Å². The summed E-state index contributed by atoms with van der Waals surface area (Å²) in [5.74, 6) is 0.656. The maximum absolute atomic E-state index is 13.3. The normalized spacial score (nSPS) is 10.7. The quantitative estimate of drug-likeness (QED) is 0.456. The Morgan fingerprint density at radius 1 is 1.11 bits per heavy atom. The molecule has 144 valence electrons. The number of benzene rings is 2. The maximum Gasteiger partial charge on any atom is 0.162 e. The molecule has 6 nitrogen and oxygen atoms in total. The molecule has 4 aromatic rings. The summed E-state index contributed by atoms with van der Waals surface area (Å²) in [5.41, 5.74) is 3.52. The lowest BCUT2D eigenvalue weighted by Gasteiger charge is -2.11. The van der Waals surface area contributed by atoms with Gasteiger partial charge in [0.25, 0.3) is 0 Å². The van der Waals surface area contributed by atoms with Crippen LogP contribution in [0.3, 0.4) is 0 Å². The molecule has 0 saturated heterocycles. The van der Waals surface area contributed by atoms with Gasteiger partial charge in [0.15, 0.2) is 11.6 Å². The standard InChI is InChI=1S/C19H15ClFN5O.ClH/c1-10-16-17(26(2)25-10)19(22-13-7-8-15(27)14(20)9-13)24-18(23-16)11-3-5-12(21)6-4-11;/h3-9,27H,1-2H3,(H,22,23,24);1H. The number of fused-ring (bicyclic) bond motifs is 1. The number of aromatic nitrogens is 4. The largest absolute Gasteiger partial charge is 0.506 e. The lowest BCUT2D eigenvalue weighted by molar-refractivity contribution is 0.475. The number of halogens is 3. The average molecular weight is 420 g/mol. The van der Waals surface area contributed by atoms with Crippen molar-refractivity contribution in [2.75, 3.05) is 5.32 Å². The monoisotopic (exact) mass is 419 g/mol. The predicted octanol–water partition coefficient (Wildman–Crippen LogP) is 5.00. The number of aromatic hydroxyl groups is 1. The van der Waals surface area contributed by atoms with E-state index in [1.54, 1.807) is 28.9 Å². The molecule has 4 rings (SSSR count). The number of phenolic OH excluding ortho intramolecular Hbond substituents is 1. The third-order valence-electron chi connectivity index (χ3n) is 4.16. The molecular formula is C19H16Cl2FN5O. The van der Waals surface area contributed by atoms with Crippen molar-refractivity contribution >= 4 is 46.5 Å². The molecule has 0 unspecified atom stereocenters. The van der Waals surface area contributed by atoms with Gasteiger partial charge < -0.3 is 10.4 Å². The van der Waals surface area contributed by atoms with E-state index in [4.69, 9.17) is 11.6 Å². The van der Waals surface area contributed by atoms with E-state index in [0.717, 1.165) is 11.2 Å². The Hall–Kier alpha value is -2.90. The van der Waals surface area contributed by atoms with Crippen LogP contribution in [-0.2, 0) is 7.05 Å². The topological polar surface area (TPSA) is 75.9 Å². The third kappa shape index (κ3) is 3.58. The predicted molar refractivity (Wildman–Crippen MR) is 110 cm³/mol.